The molecular formula is C10H9BrN2O. The number of hydrogen-bond donors (Lipinski definition) is 0. The molecule has 0 bridgehead atoms. The van der Waals surface area contributed by atoms with Gasteiger partial charge in [-0.3, -0.25) is 0 Å². The highest BCUT2D eigenvalue weighted by Gasteiger charge is 2.03. The molecule has 1 aromatic heterocycles. The largest absolute Gasteiger partial charge is 0.495 e. The van der Waals surface area contributed by atoms with Crippen LogP contribution in [0.2, 0.25) is 0 Å². The highest BCUT2D eigenvalue weighted by molar-refractivity contribution is 9.10. The molecule has 0 radical (unpaired) electrons. The molecule has 2 aromatic rings. The number of nitrogens with zero attached hydrogens (tertiary/aromatic N) is 2. The van der Waals surface area contributed by atoms with Gasteiger partial charge in [0.25, 0.3) is 0 Å². The third-order valence-electron chi connectivity index (χ3n) is 1.91. The van der Waals surface area contributed by atoms with Crippen molar-refractivity contribution >= 4 is 15.9 Å². The summed E-state index contributed by atoms with van der Waals surface area (Å²) in [6, 6.07) is 7.80. The predicted molar refractivity (Wildman–Crippen MR) is 57.8 cm³/mol. The summed E-state index contributed by atoms with van der Waals surface area (Å²) in [6.45, 7) is 0. The van der Waals surface area contributed by atoms with E-state index in [0.717, 1.165) is 16.0 Å². The Hall–Kier alpha value is -1.29. The Kier molecular flexibility index (Phi) is 2.54. The second kappa shape index (κ2) is 3.84. The van der Waals surface area contributed by atoms with E-state index in [4.69, 9.17) is 4.74 Å². The Bertz CT molecular complexity index is 439. The number of imidazole rings is 1. The first-order chi connectivity index (χ1) is 6.81. The summed E-state index contributed by atoms with van der Waals surface area (Å²) >= 11 is 3.30. The maximum Gasteiger partial charge on any atom is 0.142 e. The number of aromatic nitrogens is 2. The Morgan fingerprint density at radius 1 is 1.36 bits per heavy atom. The lowest BCUT2D eigenvalue weighted by atomic mass is 10.3. The van der Waals surface area contributed by atoms with Crippen LogP contribution in [0.25, 0.3) is 5.69 Å². The predicted octanol–water partition coefficient (Wildman–Crippen LogP) is 2.64. The SMILES string of the molecule is COc1ccccc1-n1cnc(Br)c1. The maximum absolute atomic E-state index is 5.25. The lowest BCUT2D eigenvalue weighted by Crippen LogP contribution is -1.94. The van der Waals surface area contributed by atoms with E-state index in [0.29, 0.717) is 0 Å². The molecule has 0 aliphatic rings. The lowest BCUT2D eigenvalue weighted by molar-refractivity contribution is 0.413. The molecule has 0 amide bonds. The molecule has 0 aliphatic heterocycles. The van der Waals surface area contributed by atoms with Crippen LogP contribution in [0.15, 0.2) is 41.4 Å². The van der Waals surface area contributed by atoms with Gasteiger partial charge in [-0.25, -0.2) is 4.98 Å². The van der Waals surface area contributed by atoms with Crippen LogP contribution < -0.4 is 4.74 Å². The van der Waals surface area contributed by atoms with Crippen LogP contribution >= 0.6 is 15.9 Å². The van der Waals surface area contributed by atoms with Gasteiger partial charge < -0.3 is 9.30 Å². The van der Waals surface area contributed by atoms with E-state index >= 15 is 0 Å². The molecule has 1 heterocycles. The van der Waals surface area contributed by atoms with Gasteiger partial charge in [-0.2, -0.15) is 0 Å². The highest BCUT2D eigenvalue weighted by Crippen LogP contribution is 2.22. The minimum absolute atomic E-state index is 0.809. The van der Waals surface area contributed by atoms with E-state index in [1.807, 2.05) is 35.0 Å². The number of ether oxygens (including phenoxy) is 1. The number of methoxy groups -OCH3 is 1. The fourth-order valence-corrected chi connectivity index (χ4v) is 1.59. The third kappa shape index (κ3) is 1.65. The van der Waals surface area contributed by atoms with E-state index < -0.39 is 0 Å². The molecule has 1 aromatic carbocycles. The van der Waals surface area contributed by atoms with Gasteiger partial charge >= 0.3 is 0 Å². The zero-order valence-electron chi connectivity index (χ0n) is 7.64. The zero-order chi connectivity index (χ0) is 9.97. The molecule has 0 spiro atoms. The molecular weight excluding hydrogens is 244 g/mol. The molecule has 14 heavy (non-hydrogen) atoms. The number of rotatable bonds is 2. The first kappa shape index (κ1) is 9.27. The molecule has 0 unspecified atom stereocenters. The zero-order valence-corrected chi connectivity index (χ0v) is 9.23. The Morgan fingerprint density at radius 2 is 2.14 bits per heavy atom. The quantitative estimate of drug-likeness (QED) is 0.822. The fraction of sp³-hybridized carbons (Fsp3) is 0.100. The first-order valence-electron chi connectivity index (χ1n) is 4.14. The Balaban J connectivity index is 2.50. The van der Waals surface area contributed by atoms with Crippen LogP contribution in [-0.4, -0.2) is 16.7 Å². The summed E-state index contributed by atoms with van der Waals surface area (Å²) in [6.07, 6.45) is 3.62. The molecule has 3 nitrogen and oxygen atoms in total. The molecule has 0 fully saturated rings. The van der Waals surface area contributed by atoms with Gasteiger partial charge in [0.05, 0.1) is 12.8 Å². The molecule has 0 atom stereocenters. The van der Waals surface area contributed by atoms with Gasteiger partial charge in [0, 0.05) is 6.20 Å². The van der Waals surface area contributed by atoms with Crippen LogP contribution in [0.1, 0.15) is 0 Å². The molecule has 0 saturated heterocycles. The van der Waals surface area contributed by atoms with Crippen molar-refractivity contribution in [3.63, 3.8) is 0 Å². The molecule has 2 rings (SSSR count). The van der Waals surface area contributed by atoms with Gasteiger partial charge in [-0.15, -0.1) is 0 Å². The fourth-order valence-electron chi connectivity index (χ4n) is 1.27. The van der Waals surface area contributed by atoms with E-state index in [1.54, 1.807) is 13.4 Å². The van der Waals surface area contributed by atoms with Crippen LogP contribution in [0.5, 0.6) is 5.75 Å². The molecule has 72 valence electrons. The molecule has 0 saturated carbocycles. The van der Waals surface area contributed by atoms with Gasteiger partial charge in [0.15, 0.2) is 0 Å². The van der Waals surface area contributed by atoms with Gasteiger partial charge in [-0.1, -0.05) is 12.1 Å². The van der Waals surface area contributed by atoms with Crippen molar-refractivity contribution in [1.82, 2.24) is 9.55 Å². The van der Waals surface area contributed by atoms with Gasteiger partial charge in [0.2, 0.25) is 0 Å². The standard InChI is InChI=1S/C10H9BrN2O/c1-14-9-5-3-2-4-8(9)13-6-10(11)12-7-13/h2-7H,1H3. The van der Waals surface area contributed by atoms with Crippen molar-refractivity contribution in [3.8, 4) is 11.4 Å². The lowest BCUT2D eigenvalue weighted by Gasteiger charge is -2.07. The van der Waals surface area contributed by atoms with Crippen LogP contribution in [0.3, 0.4) is 0 Å². The van der Waals surface area contributed by atoms with Crippen molar-refractivity contribution < 1.29 is 4.74 Å². The monoisotopic (exact) mass is 252 g/mol. The summed E-state index contributed by atoms with van der Waals surface area (Å²) in [7, 11) is 1.66. The summed E-state index contributed by atoms with van der Waals surface area (Å²) in [5.41, 5.74) is 0.980. The summed E-state index contributed by atoms with van der Waals surface area (Å²) in [4.78, 5) is 4.09. The minimum atomic E-state index is 0.809. The summed E-state index contributed by atoms with van der Waals surface area (Å²) in [5, 5.41) is 0. The van der Waals surface area contributed by atoms with Crippen molar-refractivity contribution in [3.05, 3.63) is 41.4 Å². The topological polar surface area (TPSA) is 27.1 Å². The first-order valence-corrected chi connectivity index (χ1v) is 4.93. The molecule has 0 N–H and O–H groups in total. The molecule has 0 aliphatic carbocycles. The Labute approximate surface area is 90.5 Å². The van der Waals surface area contributed by atoms with Crippen LogP contribution in [0.4, 0.5) is 0 Å². The van der Waals surface area contributed by atoms with Crippen LogP contribution in [0, 0.1) is 0 Å². The van der Waals surface area contributed by atoms with Crippen molar-refractivity contribution in [2.45, 2.75) is 0 Å². The Morgan fingerprint density at radius 3 is 2.79 bits per heavy atom. The number of benzene rings is 1. The summed E-state index contributed by atoms with van der Waals surface area (Å²) in [5.74, 6) is 0.831. The smallest absolute Gasteiger partial charge is 0.142 e. The van der Waals surface area contributed by atoms with E-state index in [-0.39, 0.29) is 0 Å². The average molecular weight is 253 g/mol. The van der Waals surface area contributed by atoms with Crippen molar-refractivity contribution in [2.24, 2.45) is 0 Å². The van der Waals surface area contributed by atoms with Crippen molar-refractivity contribution in [1.29, 1.82) is 0 Å². The second-order valence-corrected chi connectivity index (χ2v) is 3.59. The van der Waals surface area contributed by atoms with E-state index in [1.165, 1.54) is 0 Å². The highest BCUT2D eigenvalue weighted by atomic mass is 79.9. The van der Waals surface area contributed by atoms with Crippen molar-refractivity contribution in [2.75, 3.05) is 7.11 Å². The maximum atomic E-state index is 5.25. The third-order valence-corrected chi connectivity index (χ3v) is 2.32. The number of hydrogen-bond acceptors (Lipinski definition) is 2. The van der Waals surface area contributed by atoms with Crippen LogP contribution in [-0.2, 0) is 0 Å². The van der Waals surface area contributed by atoms with Gasteiger partial charge in [-0.05, 0) is 28.1 Å². The average Bonchev–Trinajstić information content (AvgIpc) is 2.65. The number of halogens is 1. The van der Waals surface area contributed by atoms with Gasteiger partial charge in [0.1, 0.15) is 16.7 Å². The normalized spacial score (nSPS) is 10.1. The summed E-state index contributed by atoms with van der Waals surface area (Å²) < 4.78 is 7.96. The second-order valence-electron chi connectivity index (χ2n) is 2.78. The van der Waals surface area contributed by atoms with E-state index in [2.05, 4.69) is 20.9 Å². The molecule has 4 heteroatoms. The van der Waals surface area contributed by atoms with E-state index in [9.17, 15) is 0 Å². The minimum Gasteiger partial charge on any atom is -0.495 e. The number of para-hydroxylation sites is 2.